The van der Waals surface area contributed by atoms with Gasteiger partial charge in [0, 0.05) is 37.8 Å². The zero-order valence-electron chi connectivity index (χ0n) is 19.9. The lowest BCUT2D eigenvalue weighted by molar-refractivity contribution is -0.384. The molecule has 2 aromatic carbocycles. The van der Waals surface area contributed by atoms with Crippen LogP contribution in [0.15, 0.2) is 30.3 Å². The fourth-order valence-electron chi connectivity index (χ4n) is 3.94. The normalized spacial score (nSPS) is 14.1. The number of nitro benzene ring substituents is 1. The molecule has 1 aromatic heterocycles. The zero-order chi connectivity index (χ0) is 24.4. The van der Waals surface area contributed by atoms with E-state index in [1.807, 2.05) is 43.8 Å². The Hall–Kier alpha value is -3.08. The van der Waals surface area contributed by atoms with Crippen LogP contribution in [0.5, 0.6) is 0 Å². The molecule has 0 bridgehead atoms. The molecule has 1 saturated heterocycles. The summed E-state index contributed by atoms with van der Waals surface area (Å²) in [6, 6.07) is 8.81. The summed E-state index contributed by atoms with van der Waals surface area (Å²) in [6.45, 7) is 7.32. The first kappa shape index (κ1) is 24.1. The van der Waals surface area contributed by atoms with Gasteiger partial charge in [-0.3, -0.25) is 19.8 Å². The maximum Gasteiger partial charge on any atom is 0.293 e. The number of carbonyl (C=O) groups is 1. The Labute approximate surface area is 202 Å². The summed E-state index contributed by atoms with van der Waals surface area (Å²) in [4.78, 5) is 35.5. The second-order valence-corrected chi connectivity index (χ2v) is 9.68. The zero-order valence-corrected chi connectivity index (χ0v) is 20.7. The van der Waals surface area contributed by atoms with Crippen LogP contribution in [0.4, 0.5) is 16.5 Å². The number of morpholine rings is 1. The van der Waals surface area contributed by atoms with Gasteiger partial charge in [-0.2, -0.15) is 0 Å². The standard InChI is InChI=1S/C24H29N5O4S/c1-16-5-8-21-22(17(16)2)25-24(34-21)28(10-9-26(3)4)23(30)18-6-7-19(20(15-18)29(31)32)27-11-13-33-14-12-27/h5-8,15H,9-14H2,1-4H3. The monoisotopic (exact) mass is 483 g/mol. The van der Waals surface area contributed by atoms with Crippen molar-refractivity contribution < 1.29 is 14.5 Å². The Morgan fingerprint density at radius 1 is 1.18 bits per heavy atom. The van der Waals surface area contributed by atoms with Crippen LogP contribution in [-0.2, 0) is 4.74 Å². The highest BCUT2D eigenvalue weighted by atomic mass is 32.1. The molecule has 0 unspecified atom stereocenters. The number of fused-ring (bicyclic) bond motifs is 1. The number of benzene rings is 2. The Bertz CT molecular complexity index is 1220. The van der Waals surface area contributed by atoms with Crippen molar-refractivity contribution in [3.8, 4) is 0 Å². The molecule has 2 heterocycles. The number of thiazole rings is 1. The Morgan fingerprint density at radius 2 is 1.91 bits per heavy atom. The fraction of sp³-hybridized carbons (Fsp3) is 0.417. The first-order valence-corrected chi connectivity index (χ1v) is 12.0. The van der Waals surface area contributed by atoms with Gasteiger partial charge in [0.05, 0.1) is 28.4 Å². The minimum atomic E-state index is -0.421. The van der Waals surface area contributed by atoms with E-state index in [0.29, 0.717) is 50.2 Å². The third kappa shape index (κ3) is 4.89. The summed E-state index contributed by atoms with van der Waals surface area (Å²) in [7, 11) is 3.88. The van der Waals surface area contributed by atoms with E-state index in [2.05, 4.69) is 6.07 Å². The molecule has 10 heteroatoms. The number of rotatable bonds is 7. The Balaban J connectivity index is 1.72. The van der Waals surface area contributed by atoms with Crippen LogP contribution in [0.3, 0.4) is 0 Å². The smallest absolute Gasteiger partial charge is 0.293 e. The molecule has 180 valence electrons. The Kier molecular flexibility index (Phi) is 7.11. The van der Waals surface area contributed by atoms with Gasteiger partial charge in [-0.15, -0.1) is 0 Å². The minimum absolute atomic E-state index is 0.0731. The second-order valence-electron chi connectivity index (χ2n) is 8.67. The van der Waals surface area contributed by atoms with Crippen molar-refractivity contribution in [2.24, 2.45) is 0 Å². The number of anilines is 2. The first-order valence-electron chi connectivity index (χ1n) is 11.2. The molecule has 0 spiro atoms. The Morgan fingerprint density at radius 3 is 2.59 bits per heavy atom. The SMILES string of the molecule is Cc1ccc2sc(N(CCN(C)C)C(=O)c3ccc(N4CCOCC4)c([N+](=O)[O-])c3)nc2c1C. The predicted molar refractivity (Wildman–Crippen MR) is 135 cm³/mol. The summed E-state index contributed by atoms with van der Waals surface area (Å²) >= 11 is 1.46. The number of amides is 1. The second kappa shape index (κ2) is 10.0. The first-order chi connectivity index (χ1) is 16.3. The van der Waals surface area contributed by atoms with Crippen molar-refractivity contribution >= 4 is 44.0 Å². The number of ether oxygens (including phenoxy) is 1. The summed E-state index contributed by atoms with van der Waals surface area (Å²) in [5.41, 5.74) is 3.83. The maximum atomic E-state index is 13.7. The summed E-state index contributed by atoms with van der Waals surface area (Å²) in [5, 5.41) is 12.5. The predicted octanol–water partition coefficient (Wildman–Crippen LogP) is 3.87. The molecule has 34 heavy (non-hydrogen) atoms. The highest BCUT2D eigenvalue weighted by Gasteiger charge is 2.27. The van der Waals surface area contributed by atoms with Crippen molar-refractivity contribution in [3.05, 3.63) is 57.1 Å². The molecular formula is C24H29N5O4S. The molecule has 0 aliphatic carbocycles. The van der Waals surface area contributed by atoms with Gasteiger partial charge < -0.3 is 14.5 Å². The lowest BCUT2D eigenvalue weighted by Crippen LogP contribution is -2.37. The lowest BCUT2D eigenvalue weighted by atomic mass is 10.1. The summed E-state index contributed by atoms with van der Waals surface area (Å²) in [6.07, 6.45) is 0. The van der Waals surface area contributed by atoms with Crippen LogP contribution in [0, 0.1) is 24.0 Å². The molecule has 0 radical (unpaired) electrons. The third-order valence-corrected chi connectivity index (χ3v) is 7.13. The maximum absolute atomic E-state index is 13.7. The van der Waals surface area contributed by atoms with Crippen LogP contribution in [0.1, 0.15) is 21.5 Å². The fourth-order valence-corrected chi connectivity index (χ4v) is 4.99. The van der Waals surface area contributed by atoms with Gasteiger partial charge in [0.25, 0.3) is 11.6 Å². The largest absolute Gasteiger partial charge is 0.378 e. The van der Waals surface area contributed by atoms with Gasteiger partial charge in [0.2, 0.25) is 0 Å². The molecule has 1 aliphatic rings. The van der Waals surface area contributed by atoms with Crippen LogP contribution in [0.2, 0.25) is 0 Å². The van der Waals surface area contributed by atoms with Crippen LogP contribution < -0.4 is 9.80 Å². The molecule has 1 amide bonds. The highest BCUT2D eigenvalue weighted by molar-refractivity contribution is 7.22. The molecule has 0 saturated carbocycles. The van der Waals surface area contributed by atoms with E-state index in [1.54, 1.807) is 17.0 Å². The third-order valence-electron chi connectivity index (χ3n) is 6.09. The van der Waals surface area contributed by atoms with E-state index in [-0.39, 0.29) is 17.2 Å². The lowest BCUT2D eigenvalue weighted by Gasteiger charge is -2.28. The number of hydrogen-bond donors (Lipinski definition) is 0. The topological polar surface area (TPSA) is 92.0 Å². The number of hydrogen-bond acceptors (Lipinski definition) is 8. The van der Waals surface area contributed by atoms with E-state index >= 15 is 0 Å². The van der Waals surface area contributed by atoms with Crippen LogP contribution in [0.25, 0.3) is 10.2 Å². The molecule has 1 aliphatic heterocycles. The van der Waals surface area contributed by atoms with E-state index in [1.165, 1.54) is 17.4 Å². The molecule has 0 atom stereocenters. The van der Waals surface area contributed by atoms with Crippen LogP contribution >= 0.6 is 11.3 Å². The van der Waals surface area contributed by atoms with Crippen molar-refractivity contribution in [1.29, 1.82) is 0 Å². The van der Waals surface area contributed by atoms with E-state index in [9.17, 15) is 14.9 Å². The van der Waals surface area contributed by atoms with Crippen molar-refractivity contribution in [2.45, 2.75) is 13.8 Å². The number of likely N-dealkylation sites (N-methyl/N-ethyl adjacent to an activating group) is 1. The van der Waals surface area contributed by atoms with Gasteiger partial charge in [-0.05, 0) is 57.3 Å². The van der Waals surface area contributed by atoms with Crippen molar-refractivity contribution in [3.63, 3.8) is 0 Å². The number of aromatic nitrogens is 1. The summed E-state index contributed by atoms with van der Waals surface area (Å²) < 4.78 is 6.38. The summed E-state index contributed by atoms with van der Waals surface area (Å²) in [5.74, 6) is -0.299. The quantitative estimate of drug-likeness (QED) is 0.372. The molecule has 4 rings (SSSR count). The van der Waals surface area contributed by atoms with Gasteiger partial charge in [0.1, 0.15) is 5.69 Å². The van der Waals surface area contributed by atoms with Gasteiger partial charge in [-0.25, -0.2) is 4.98 Å². The van der Waals surface area contributed by atoms with Gasteiger partial charge >= 0.3 is 0 Å². The molecule has 1 fully saturated rings. The average molecular weight is 484 g/mol. The van der Waals surface area contributed by atoms with Gasteiger partial charge in [-0.1, -0.05) is 17.4 Å². The number of aryl methyl sites for hydroxylation is 2. The number of carbonyl (C=O) groups excluding carboxylic acids is 1. The van der Waals surface area contributed by atoms with Gasteiger partial charge in [0.15, 0.2) is 5.13 Å². The number of nitro groups is 1. The van der Waals surface area contributed by atoms with Crippen molar-refractivity contribution in [2.75, 3.05) is 63.3 Å². The van der Waals surface area contributed by atoms with E-state index in [4.69, 9.17) is 9.72 Å². The van der Waals surface area contributed by atoms with Crippen LogP contribution in [-0.4, -0.2) is 74.2 Å². The van der Waals surface area contributed by atoms with Crippen molar-refractivity contribution in [1.82, 2.24) is 9.88 Å². The highest BCUT2D eigenvalue weighted by Crippen LogP contribution is 2.34. The molecular weight excluding hydrogens is 454 g/mol. The molecule has 0 N–H and O–H groups in total. The van der Waals surface area contributed by atoms with E-state index in [0.717, 1.165) is 21.3 Å². The average Bonchev–Trinajstić information content (AvgIpc) is 3.26. The minimum Gasteiger partial charge on any atom is -0.378 e. The molecule has 9 nitrogen and oxygen atoms in total. The molecule has 3 aromatic rings. The number of nitrogens with zero attached hydrogens (tertiary/aromatic N) is 5. The van der Waals surface area contributed by atoms with E-state index < -0.39 is 4.92 Å².